The Hall–Kier alpha value is -1.11. The highest BCUT2D eigenvalue weighted by Gasteiger charge is 2.27. The Kier molecular flexibility index (Phi) is 6.45. The van der Waals surface area contributed by atoms with Crippen molar-refractivity contribution in [2.75, 3.05) is 18.9 Å². The van der Waals surface area contributed by atoms with Gasteiger partial charge in [0.25, 0.3) is 0 Å². The summed E-state index contributed by atoms with van der Waals surface area (Å²) in [6.07, 6.45) is 1.47. The molecule has 0 bridgehead atoms. The van der Waals surface area contributed by atoms with Gasteiger partial charge in [-0.1, -0.05) is 26.0 Å². The molecule has 1 rings (SSSR count). The van der Waals surface area contributed by atoms with Crippen LogP contribution < -0.4 is 5.73 Å². The van der Waals surface area contributed by atoms with Crippen LogP contribution in [-0.4, -0.2) is 37.0 Å². The minimum absolute atomic E-state index is 0.0657. The fraction of sp³-hybridized carbons (Fsp3) is 0.571. The van der Waals surface area contributed by atoms with Gasteiger partial charge in [0.15, 0.2) is 0 Å². The van der Waals surface area contributed by atoms with E-state index in [-0.39, 0.29) is 24.9 Å². The SMILES string of the molecule is CCC(CC)N(CCO)S(=O)(=O)Cc1ccc(N)cc1. The standard InChI is InChI=1S/C14H24N2O3S/c1-3-14(4-2)16(9-10-17)20(18,19)11-12-5-7-13(15)8-6-12/h5-8,14,17H,3-4,9-11,15H2,1-2H3. The van der Waals surface area contributed by atoms with Gasteiger partial charge in [-0.3, -0.25) is 0 Å². The van der Waals surface area contributed by atoms with Gasteiger partial charge in [-0.2, -0.15) is 4.31 Å². The lowest BCUT2D eigenvalue weighted by Gasteiger charge is -2.29. The quantitative estimate of drug-likeness (QED) is 0.714. The molecule has 0 unspecified atom stereocenters. The number of hydrogen-bond acceptors (Lipinski definition) is 4. The molecule has 1 aromatic rings. The first-order valence-electron chi connectivity index (χ1n) is 6.89. The van der Waals surface area contributed by atoms with Gasteiger partial charge in [0.05, 0.1) is 12.4 Å². The van der Waals surface area contributed by atoms with E-state index in [1.54, 1.807) is 24.3 Å². The van der Waals surface area contributed by atoms with Gasteiger partial charge in [0.1, 0.15) is 0 Å². The van der Waals surface area contributed by atoms with Crippen molar-refractivity contribution in [1.82, 2.24) is 4.31 Å². The molecule has 0 aliphatic heterocycles. The number of rotatable bonds is 8. The van der Waals surface area contributed by atoms with Crippen LogP contribution in [0.1, 0.15) is 32.3 Å². The van der Waals surface area contributed by atoms with E-state index in [2.05, 4.69) is 0 Å². The summed E-state index contributed by atoms with van der Waals surface area (Å²) in [4.78, 5) is 0. The summed E-state index contributed by atoms with van der Waals surface area (Å²) in [5.41, 5.74) is 6.91. The molecule has 1 aromatic carbocycles. The molecule has 20 heavy (non-hydrogen) atoms. The largest absolute Gasteiger partial charge is 0.399 e. The molecule has 0 atom stereocenters. The second kappa shape index (κ2) is 7.61. The number of nitrogens with zero attached hydrogens (tertiary/aromatic N) is 1. The molecule has 0 aliphatic rings. The van der Waals surface area contributed by atoms with E-state index in [9.17, 15) is 8.42 Å². The smallest absolute Gasteiger partial charge is 0.218 e. The number of nitrogen functional groups attached to an aromatic ring is 1. The molecule has 3 N–H and O–H groups in total. The second-order valence-electron chi connectivity index (χ2n) is 4.80. The minimum Gasteiger partial charge on any atom is -0.399 e. The Labute approximate surface area is 121 Å². The van der Waals surface area contributed by atoms with Crippen LogP contribution in [0.2, 0.25) is 0 Å². The van der Waals surface area contributed by atoms with Gasteiger partial charge in [0, 0.05) is 18.3 Å². The predicted octanol–water partition coefficient (Wildman–Crippen LogP) is 1.58. The van der Waals surface area contributed by atoms with Crippen molar-refractivity contribution in [3.63, 3.8) is 0 Å². The molecule has 0 radical (unpaired) electrons. The topological polar surface area (TPSA) is 83.6 Å². The van der Waals surface area contributed by atoms with E-state index >= 15 is 0 Å². The normalized spacial score (nSPS) is 12.2. The average Bonchev–Trinajstić information content (AvgIpc) is 2.41. The third-order valence-electron chi connectivity index (χ3n) is 3.36. The molecule has 0 amide bonds. The molecule has 0 saturated carbocycles. The van der Waals surface area contributed by atoms with Crippen molar-refractivity contribution in [3.8, 4) is 0 Å². The summed E-state index contributed by atoms with van der Waals surface area (Å²) < 4.78 is 26.5. The lowest BCUT2D eigenvalue weighted by atomic mass is 10.2. The highest BCUT2D eigenvalue weighted by atomic mass is 32.2. The Morgan fingerprint density at radius 3 is 2.20 bits per heavy atom. The van der Waals surface area contributed by atoms with E-state index in [1.165, 1.54) is 4.31 Å². The molecule has 0 saturated heterocycles. The minimum atomic E-state index is -3.44. The molecule has 5 nitrogen and oxygen atoms in total. The van der Waals surface area contributed by atoms with Crippen molar-refractivity contribution < 1.29 is 13.5 Å². The van der Waals surface area contributed by atoms with E-state index in [0.29, 0.717) is 11.3 Å². The summed E-state index contributed by atoms with van der Waals surface area (Å²) in [7, 11) is -3.44. The summed E-state index contributed by atoms with van der Waals surface area (Å²) in [5, 5.41) is 9.12. The maximum Gasteiger partial charge on any atom is 0.218 e. The third kappa shape index (κ3) is 4.47. The van der Waals surface area contributed by atoms with Crippen molar-refractivity contribution in [2.45, 2.75) is 38.5 Å². The molecule has 0 heterocycles. The lowest BCUT2D eigenvalue weighted by molar-refractivity contribution is 0.219. The van der Waals surface area contributed by atoms with Crippen LogP contribution >= 0.6 is 0 Å². The number of sulfonamides is 1. The lowest BCUT2D eigenvalue weighted by Crippen LogP contribution is -2.42. The van der Waals surface area contributed by atoms with Gasteiger partial charge >= 0.3 is 0 Å². The first kappa shape index (κ1) is 16.9. The monoisotopic (exact) mass is 300 g/mol. The number of nitrogens with two attached hydrogens (primary N) is 1. The van der Waals surface area contributed by atoms with Crippen LogP contribution in [0.25, 0.3) is 0 Å². The second-order valence-corrected chi connectivity index (χ2v) is 6.72. The number of hydrogen-bond donors (Lipinski definition) is 2. The van der Waals surface area contributed by atoms with Crippen molar-refractivity contribution in [3.05, 3.63) is 29.8 Å². The summed E-state index contributed by atoms with van der Waals surface area (Å²) in [6.45, 7) is 3.88. The Bertz CT molecular complexity index is 496. The molecule has 6 heteroatoms. The highest BCUT2D eigenvalue weighted by molar-refractivity contribution is 7.88. The first-order valence-corrected chi connectivity index (χ1v) is 8.50. The zero-order chi connectivity index (χ0) is 15.2. The van der Waals surface area contributed by atoms with Gasteiger partial charge < -0.3 is 10.8 Å². The Morgan fingerprint density at radius 2 is 1.75 bits per heavy atom. The van der Waals surface area contributed by atoms with E-state index in [4.69, 9.17) is 10.8 Å². The molecular weight excluding hydrogens is 276 g/mol. The molecular formula is C14H24N2O3S. The van der Waals surface area contributed by atoms with Crippen LogP contribution in [0.5, 0.6) is 0 Å². The Morgan fingerprint density at radius 1 is 1.20 bits per heavy atom. The van der Waals surface area contributed by atoms with Gasteiger partial charge in [0.2, 0.25) is 10.0 Å². The molecule has 0 aliphatic carbocycles. The van der Waals surface area contributed by atoms with E-state index < -0.39 is 10.0 Å². The van der Waals surface area contributed by atoms with Crippen LogP contribution in [0, 0.1) is 0 Å². The van der Waals surface area contributed by atoms with Gasteiger partial charge in [-0.15, -0.1) is 0 Å². The maximum atomic E-state index is 12.5. The van der Waals surface area contributed by atoms with Gasteiger partial charge in [-0.25, -0.2) is 8.42 Å². The fourth-order valence-corrected chi connectivity index (χ4v) is 4.14. The predicted molar refractivity (Wildman–Crippen MR) is 81.6 cm³/mol. The van der Waals surface area contributed by atoms with Crippen LogP contribution in [0.4, 0.5) is 5.69 Å². The summed E-state index contributed by atoms with van der Waals surface area (Å²) in [5.74, 6) is -0.0657. The Balaban J connectivity index is 2.95. The average molecular weight is 300 g/mol. The van der Waals surface area contributed by atoms with Crippen molar-refractivity contribution >= 4 is 15.7 Å². The first-order chi connectivity index (χ1) is 9.44. The molecule has 0 aromatic heterocycles. The molecule has 0 fully saturated rings. The molecule has 114 valence electrons. The van der Waals surface area contributed by atoms with Crippen LogP contribution in [0.3, 0.4) is 0 Å². The van der Waals surface area contributed by atoms with Gasteiger partial charge in [-0.05, 0) is 30.5 Å². The highest BCUT2D eigenvalue weighted by Crippen LogP contribution is 2.18. The van der Waals surface area contributed by atoms with E-state index in [0.717, 1.165) is 12.8 Å². The fourth-order valence-electron chi connectivity index (χ4n) is 2.25. The number of anilines is 1. The number of aliphatic hydroxyl groups is 1. The summed E-state index contributed by atoms with van der Waals surface area (Å²) >= 11 is 0. The molecule has 0 spiro atoms. The van der Waals surface area contributed by atoms with Crippen LogP contribution in [-0.2, 0) is 15.8 Å². The zero-order valence-corrected chi connectivity index (χ0v) is 12.9. The van der Waals surface area contributed by atoms with Crippen LogP contribution in [0.15, 0.2) is 24.3 Å². The van der Waals surface area contributed by atoms with E-state index in [1.807, 2.05) is 13.8 Å². The van der Waals surface area contributed by atoms with Crippen molar-refractivity contribution in [2.24, 2.45) is 0 Å². The zero-order valence-electron chi connectivity index (χ0n) is 12.1. The van der Waals surface area contributed by atoms with Crippen molar-refractivity contribution in [1.29, 1.82) is 0 Å². The number of aliphatic hydroxyl groups excluding tert-OH is 1. The number of benzene rings is 1. The maximum absolute atomic E-state index is 12.5. The third-order valence-corrected chi connectivity index (χ3v) is 5.25. The summed E-state index contributed by atoms with van der Waals surface area (Å²) in [6, 6.07) is 6.76.